The standard InChI is InChI=1S/C24H32FN3O2/c1-5-27(6-2)14-15-28(17-18(3)4)24(30)20-8-7-9-22(16-20)26-23(29)19-10-12-21(25)13-11-19/h7-13,16,18H,5-6,14-15,17H2,1-4H3,(H,26,29). The first-order chi connectivity index (χ1) is 14.3. The molecular weight excluding hydrogens is 381 g/mol. The molecule has 0 radical (unpaired) electrons. The number of benzene rings is 2. The fraction of sp³-hybridized carbons (Fsp3) is 0.417. The zero-order valence-corrected chi connectivity index (χ0v) is 18.3. The molecule has 0 saturated carbocycles. The third kappa shape index (κ3) is 6.95. The van der Waals surface area contributed by atoms with Gasteiger partial charge in [-0.05, 0) is 61.5 Å². The molecule has 162 valence electrons. The van der Waals surface area contributed by atoms with Crippen LogP contribution in [0, 0.1) is 11.7 Å². The molecule has 2 aromatic rings. The summed E-state index contributed by atoms with van der Waals surface area (Å²) in [6, 6.07) is 12.3. The highest BCUT2D eigenvalue weighted by Gasteiger charge is 2.18. The van der Waals surface area contributed by atoms with Crippen molar-refractivity contribution in [3.8, 4) is 0 Å². The van der Waals surface area contributed by atoms with Gasteiger partial charge in [0, 0.05) is 36.4 Å². The molecule has 0 saturated heterocycles. The van der Waals surface area contributed by atoms with E-state index in [9.17, 15) is 14.0 Å². The molecule has 0 bridgehead atoms. The van der Waals surface area contributed by atoms with E-state index in [1.54, 1.807) is 24.3 Å². The maximum absolute atomic E-state index is 13.2. The van der Waals surface area contributed by atoms with Crippen molar-refractivity contribution in [1.82, 2.24) is 9.80 Å². The van der Waals surface area contributed by atoms with Gasteiger partial charge in [0.15, 0.2) is 0 Å². The summed E-state index contributed by atoms with van der Waals surface area (Å²) in [5.41, 5.74) is 1.42. The molecule has 2 rings (SSSR count). The Bertz CT molecular complexity index is 833. The molecule has 0 atom stereocenters. The predicted octanol–water partition coefficient (Wildman–Crippen LogP) is 4.52. The largest absolute Gasteiger partial charge is 0.337 e. The smallest absolute Gasteiger partial charge is 0.255 e. The van der Waals surface area contributed by atoms with Gasteiger partial charge in [-0.25, -0.2) is 4.39 Å². The number of carbonyl (C=O) groups is 2. The molecule has 30 heavy (non-hydrogen) atoms. The van der Waals surface area contributed by atoms with Gasteiger partial charge in [0.2, 0.25) is 0 Å². The first-order valence-electron chi connectivity index (χ1n) is 10.5. The van der Waals surface area contributed by atoms with Gasteiger partial charge in [-0.3, -0.25) is 9.59 Å². The van der Waals surface area contributed by atoms with Gasteiger partial charge in [0.05, 0.1) is 0 Å². The molecule has 2 amide bonds. The highest BCUT2D eigenvalue weighted by Crippen LogP contribution is 2.15. The monoisotopic (exact) mass is 413 g/mol. The fourth-order valence-corrected chi connectivity index (χ4v) is 3.24. The Hall–Kier alpha value is -2.73. The number of halogens is 1. The van der Waals surface area contributed by atoms with Crippen LogP contribution in [0.2, 0.25) is 0 Å². The first kappa shape index (κ1) is 23.5. The Kier molecular flexibility index (Phi) is 8.99. The lowest BCUT2D eigenvalue weighted by Crippen LogP contribution is -2.40. The lowest BCUT2D eigenvalue weighted by atomic mass is 10.1. The van der Waals surface area contributed by atoms with Crippen molar-refractivity contribution in [3.05, 3.63) is 65.5 Å². The molecule has 0 aliphatic heterocycles. The number of nitrogens with zero attached hydrogens (tertiary/aromatic N) is 2. The molecule has 5 nitrogen and oxygen atoms in total. The summed E-state index contributed by atoms with van der Waals surface area (Å²) in [6.45, 7) is 12.5. The van der Waals surface area contributed by atoms with Crippen LogP contribution in [0.5, 0.6) is 0 Å². The van der Waals surface area contributed by atoms with E-state index in [2.05, 4.69) is 37.9 Å². The number of rotatable bonds is 10. The topological polar surface area (TPSA) is 52.6 Å². The van der Waals surface area contributed by atoms with E-state index < -0.39 is 5.82 Å². The second-order valence-electron chi connectivity index (χ2n) is 7.71. The number of anilines is 1. The van der Waals surface area contributed by atoms with Crippen LogP contribution in [0.1, 0.15) is 48.4 Å². The Morgan fingerprint density at radius 2 is 1.63 bits per heavy atom. The average molecular weight is 414 g/mol. The van der Waals surface area contributed by atoms with Crippen LogP contribution < -0.4 is 5.32 Å². The molecule has 0 unspecified atom stereocenters. The lowest BCUT2D eigenvalue weighted by Gasteiger charge is -2.28. The Morgan fingerprint density at radius 3 is 2.23 bits per heavy atom. The summed E-state index contributed by atoms with van der Waals surface area (Å²) in [7, 11) is 0. The fourth-order valence-electron chi connectivity index (χ4n) is 3.24. The summed E-state index contributed by atoms with van der Waals surface area (Å²) in [5.74, 6) is -0.435. The summed E-state index contributed by atoms with van der Waals surface area (Å²) >= 11 is 0. The number of likely N-dealkylation sites (N-methyl/N-ethyl adjacent to an activating group) is 1. The van der Waals surface area contributed by atoms with Gasteiger partial charge in [-0.15, -0.1) is 0 Å². The van der Waals surface area contributed by atoms with E-state index in [1.165, 1.54) is 24.3 Å². The van der Waals surface area contributed by atoms with E-state index in [1.807, 2.05) is 4.90 Å². The molecular formula is C24H32FN3O2. The maximum Gasteiger partial charge on any atom is 0.255 e. The third-order valence-corrected chi connectivity index (χ3v) is 4.93. The first-order valence-corrected chi connectivity index (χ1v) is 10.5. The number of amides is 2. The quantitative estimate of drug-likeness (QED) is 0.623. The van der Waals surface area contributed by atoms with E-state index in [-0.39, 0.29) is 11.8 Å². The normalized spacial score (nSPS) is 11.0. The number of hydrogen-bond donors (Lipinski definition) is 1. The van der Waals surface area contributed by atoms with Crippen molar-refractivity contribution < 1.29 is 14.0 Å². The molecule has 0 aliphatic carbocycles. The minimum atomic E-state index is -0.394. The molecule has 0 aliphatic rings. The van der Waals surface area contributed by atoms with E-state index in [4.69, 9.17) is 0 Å². The molecule has 0 spiro atoms. The van der Waals surface area contributed by atoms with E-state index in [0.29, 0.717) is 35.8 Å². The van der Waals surface area contributed by atoms with Gasteiger partial charge in [-0.1, -0.05) is 33.8 Å². The van der Waals surface area contributed by atoms with E-state index in [0.717, 1.165) is 19.6 Å². The molecule has 1 N–H and O–H groups in total. The van der Waals surface area contributed by atoms with Crippen molar-refractivity contribution in [2.45, 2.75) is 27.7 Å². The Balaban J connectivity index is 2.13. The minimum Gasteiger partial charge on any atom is -0.337 e. The van der Waals surface area contributed by atoms with Gasteiger partial charge in [0.25, 0.3) is 11.8 Å². The van der Waals surface area contributed by atoms with Gasteiger partial charge < -0.3 is 15.1 Å². The van der Waals surface area contributed by atoms with Crippen LogP contribution in [0.4, 0.5) is 10.1 Å². The second kappa shape index (κ2) is 11.5. The second-order valence-corrected chi connectivity index (χ2v) is 7.71. The van der Waals surface area contributed by atoms with Crippen molar-refractivity contribution >= 4 is 17.5 Å². The van der Waals surface area contributed by atoms with Gasteiger partial charge in [0.1, 0.15) is 5.82 Å². The minimum absolute atomic E-state index is 0.0475. The van der Waals surface area contributed by atoms with Crippen LogP contribution in [-0.2, 0) is 0 Å². The van der Waals surface area contributed by atoms with Crippen molar-refractivity contribution in [3.63, 3.8) is 0 Å². The molecule has 0 heterocycles. The molecule has 0 aromatic heterocycles. The number of nitrogens with one attached hydrogen (secondary N) is 1. The summed E-state index contributed by atoms with van der Waals surface area (Å²) in [4.78, 5) is 29.7. The van der Waals surface area contributed by atoms with Gasteiger partial charge >= 0.3 is 0 Å². The maximum atomic E-state index is 13.2. The summed E-state index contributed by atoms with van der Waals surface area (Å²) in [5, 5.41) is 2.78. The lowest BCUT2D eigenvalue weighted by molar-refractivity contribution is 0.0716. The van der Waals surface area contributed by atoms with Crippen molar-refractivity contribution in [2.24, 2.45) is 5.92 Å². The highest BCUT2D eigenvalue weighted by atomic mass is 19.1. The Morgan fingerprint density at radius 1 is 0.967 bits per heavy atom. The highest BCUT2D eigenvalue weighted by molar-refractivity contribution is 6.05. The van der Waals surface area contributed by atoms with Gasteiger partial charge in [-0.2, -0.15) is 0 Å². The molecule has 0 fully saturated rings. The summed E-state index contributed by atoms with van der Waals surface area (Å²) in [6.07, 6.45) is 0. The SMILES string of the molecule is CCN(CC)CCN(CC(C)C)C(=O)c1cccc(NC(=O)c2ccc(F)cc2)c1. The van der Waals surface area contributed by atoms with Crippen molar-refractivity contribution in [1.29, 1.82) is 0 Å². The summed E-state index contributed by atoms with van der Waals surface area (Å²) < 4.78 is 13.1. The average Bonchev–Trinajstić information content (AvgIpc) is 2.73. The zero-order valence-electron chi connectivity index (χ0n) is 18.3. The third-order valence-electron chi connectivity index (χ3n) is 4.93. The number of carbonyl (C=O) groups excluding carboxylic acids is 2. The molecule has 2 aromatic carbocycles. The van der Waals surface area contributed by atoms with Crippen LogP contribution >= 0.6 is 0 Å². The van der Waals surface area contributed by atoms with E-state index >= 15 is 0 Å². The predicted molar refractivity (Wildman–Crippen MR) is 119 cm³/mol. The zero-order chi connectivity index (χ0) is 22.1. The van der Waals surface area contributed by atoms with Crippen LogP contribution in [0.15, 0.2) is 48.5 Å². The number of hydrogen-bond acceptors (Lipinski definition) is 3. The molecule has 6 heteroatoms. The Labute approximate surface area is 178 Å². The van der Waals surface area contributed by atoms with Crippen LogP contribution in [-0.4, -0.2) is 54.3 Å². The van der Waals surface area contributed by atoms with Crippen LogP contribution in [0.25, 0.3) is 0 Å². The van der Waals surface area contributed by atoms with Crippen molar-refractivity contribution in [2.75, 3.05) is 38.0 Å². The van der Waals surface area contributed by atoms with Crippen LogP contribution in [0.3, 0.4) is 0 Å².